The molecule has 2 aromatic heterocycles. The monoisotopic (exact) mass is 344 g/mol. The summed E-state index contributed by atoms with van der Waals surface area (Å²) in [5, 5.41) is 4.49. The molecule has 3 rings (SSSR count). The Bertz CT molecular complexity index is 487. The predicted octanol–water partition coefficient (Wildman–Crippen LogP) is 4.71. The highest BCUT2D eigenvalue weighted by atomic mass is 32.2. The molecule has 0 unspecified atom stereocenters. The molecule has 3 heterocycles. The summed E-state index contributed by atoms with van der Waals surface area (Å²) < 4.78 is 11.1. The van der Waals surface area contributed by atoms with Gasteiger partial charge in [-0.3, -0.25) is 0 Å². The van der Waals surface area contributed by atoms with Crippen molar-refractivity contribution in [1.82, 2.24) is 0 Å². The summed E-state index contributed by atoms with van der Waals surface area (Å²) in [7, 11) is 0. The second-order valence-electron chi connectivity index (χ2n) is 4.21. The third-order valence-electron chi connectivity index (χ3n) is 2.76. The first-order chi connectivity index (χ1) is 9.92. The molecule has 2 nitrogen and oxygen atoms in total. The lowest BCUT2D eigenvalue weighted by Gasteiger charge is -2.05. The van der Waals surface area contributed by atoms with Crippen LogP contribution in [0.3, 0.4) is 0 Å². The minimum Gasteiger partial charge on any atom is -0.378 e. The van der Waals surface area contributed by atoms with Crippen molar-refractivity contribution in [2.45, 2.75) is 9.79 Å². The van der Waals surface area contributed by atoms with E-state index in [1.165, 1.54) is 19.5 Å². The lowest BCUT2D eigenvalue weighted by Crippen LogP contribution is -2.08. The fraction of sp³-hybridized carbons (Fsp3) is 0.429. The highest BCUT2D eigenvalue weighted by Crippen LogP contribution is 2.37. The average molecular weight is 345 g/mol. The number of hydrogen-bond donors (Lipinski definition) is 0. The van der Waals surface area contributed by atoms with Gasteiger partial charge in [-0.2, -0.15) is 0 Å². The van der Waals surface area contributed by atoms with E-state index in [0.717, 1.165) is 24.7 Å². The van der Waals surface area contributed by atoms with Gasteiger partial charge in [0.1, 0.15) is 0 Å². The van der Waals surface area contributed by atoms with Crippen LogP contribution in [0.15, 0.2) is 32.7 Å². The Kier molecular flexibility index (Phi) is 5.87. The van der Waals surface area contributed by atoms with Crippen LogP contribution in [0.1, 0.15) is 0 Å². The van der Waals surface area contributed by atoms with E-state index in [4.69, 9.17) is 9.47 Å². The molecule has 0 amide bonds. The number of thiophene rings is 2. The summed E-state index contributed by atoms with van der Waals surface area (Å²) in [5.74, 6) is 2.00. The lowest BCUT2D eigenvalue weighted by atomic mass is 10.4. The van der Waals surface area contributed by atoms with Crippen LogP contribution in [0.4, 0.5) is 0 Å². The third kappa shape index (κ3) is 4.26. The Morgan fingerprint density at radius 2 is 1.20 bits per heavy atom. The van der Waals surface area contributed by atoms with Crippen LogP contribution in [-0.4, -0.2) is 37.9 Å². The fourth-order valence-corrected chi connectivity index (χ4v) is 5.72. The highest BCUT2D eigenvalue weighted by Gasteiger charge is 2.07. The van der Waals surface area contributed by atoms with E-state index < -0.39 is 0 Å². The second-order valence-corrected chi connectivity index (χ2v) is 8.37. The molecule has 4 bridgehead atoms. The van der Waals surface area contributed by atoms with Crippen molar-refractivity contribution in [3.8, 4) is 9.75 Å². The van der Waals surface area contributed by atoms with Gasteiger partial charge in [-0.1, -0.05) is 0 Å². The van der Waals surface area contributed by atoms with E-state index in [0.29, 0.717) is 13.2 Å². The van der Waals surface area contributed by atoms with Crippen LogP contribution in [0, 0.1) is 0 Å². The molecule has 0 aliphatic carbocycles. The molecule has 0 N–H and O–H groups in total. The summed E-state index contributed by atoms with van der Waals surface area (Å²) >= 11 is 7.39. The molecule has 1 aliphatic heterocycles. The summed E-state index contributed by atoms with van der Waals surface area (Å²) in [6.45, 7) is 2.97. The first-order valence-electron chi connectivity index (χ1n) is 6.50. The topological polar surface area (TPSA) is 18.5 Å². The molecule has 6 heteroatoms. The Morgan fingerprint density at radius 1 is 0.700 bits per heavy atom. The van der Waals surface area contributed by atoms with E-state index in [9.17, 15) is 0 Å². The van der Waals surface area contributed by atoms with Crippen LogP contribution < -0.4 is 0 Å². The van der Waals surface area contributed by atoms with Crippen molar-refractivity contribution in [1.29, 1.82) is 0 Å². The summed E-state index contributed by atoms with van der Waals surface area (Å²) in [5.41, 5.74) is 0. The smallest absolute Gasteiger partial charge is 0.0700 e. The first-order valence-corrected chi connectivity index (χ1v) is 10.2. The van der Waals surface area contributed by atoms with E-state index in [1.807, 2.05) is 46.2 Å². The molecule has 0 aromatic carbocycles. The van der Waals surface area contributed by atoms with Crippen molar-refractivity contribution >= 4 is 46.2 Å². The average Bonchev–Trinajstić information content (AvgIpc) is 3.09. The molecule has 0 atom stereocenters. The van der Waals surface area contributed by atoms with Crippen molar-refractivity contribution in [3.05, 3.63) is 22.9 Å². The number of fused-ring (bicyclic) bond motifs is 5. The van der Waals surface area contributed by atoms with Gasteiger partial charge in [0.15, 0.2) is 0 Å². The minimum absolute atomic E-state index is 0.697. The Morgan fingerprint density at radius 3 is 1.70 bits per heavy atom. The SMILES string of the molecule is c1sc2cc1SCCOCCOCCSc1csc-2c1. The zero-order valence-corrected chi connectivity index (χ0v) is 14.3. The van der Waals surface area contributed by atoms with E-state index in [2.05, 4.69) is 22.9 Å². The standard InChI is InChI=1S/C14H16O2S4/c1-2-16-4-6-18-12-8-14(20-10-12)13-7-11(9-19-13)17-5-3-15-1/h7-10H,1-6H2. The van der Waals surface area contributed by atoms with E-state index in [1.54, 1.807) is 0 Å². The maximum Gasteiger partial charge on any atom is 0.0700 e. The lowest BCUT2D eigenvalue weighted by molar-refractivity contribution is 0.0605. The van der Waals surface area contributed by atoms with Gasteiger partial charge < -0.3 is 9.47 Å². The summed E-state index contributed by atoms with van der Waals surface area (Å²) in [4.78, 5) is 5.43. The summed E-state index contributed by atoms with van der Waals surface area (Å²) in [6.07, 6.45) is 0. The molecule has 2 aromatic rings. The van der Waals surface area contributed by atoms with Crippen molar-refractivity contribution in [3.63, 3.8) is 0 Å². The second kappa shape index (κ2) is 7.87. The predicted molar refractivity (Wildman–Crippen MR) is 90.7 cm³/mol. The van der Waals surface area contributed by atoms with Crippen molar-refractivity contribution in [2.75, 3.05) is 37.9 Å². The number of ether oxygens (including phenoxy) is 2. The Balaban J connectivity index is 1.71. The van der Waals surface area contributed by atoms with Gasteiger partial charge in [0.2, 0.25) is 0 Å². The number of hydrogen-bond acceptors (Lipinski definition) is 6. The molecule has 0 spiro atoms. The maximum absolute atomic E-state index is 5.56. The molecular formula is C14H16O2S4. The van der Waals surface area contributed by atoms with Crippen LogP contribution in [0.5, 0.6) is 0 Å². The Labute approximate surface area is 135 Å². The van der Waals surface area contributed by atoms with Gasteiger partial charge in [-0.25, -0.2) is 0 Å². The van der Waals surface area contributed by atoms with Gasteiger partial charge in [0, 0.05) is 41.8 Å². The van der Waals surface area contributed by atoms with Crippen LogP contribution >= 0.6 is 46.2 Å². The number of rotatable bonds is 0. The van der Waals surface area contributed by atoms with Crippen LogP contribution in [0.2, 0.25) is 0 Å². The minimum atomic E-state index is 0.697. The molecule has 0 saturated heterocycles. The number of thioether (sulfide) groups is 2. The maximum atomic E-state index is 5.56. The fourth-order valence-electron chi connectivity index (χ4n) is 1.81. The normalized spacial score (nSPS) is 18.0. The van der Waals surface area contributed by atoms with E-state index in [-0.39, 0.29) is 0 Å². The summed E-state index contributed by atoms with van der Waals surface area (Å²) in [6, 6.07) is 4.59. The van der Waals surface area contributed by atoms with Gasteiger partial charge >= 0.3 is 0 Å². The third-order valence-corrected chi connectivity index (χ3v) is 6.99. The first kappa shape index (κ1) is 14.9. The zero-order chi connectivity index (χ0) is 13.6. The van der Waals surface area contributed by atoms with Gasteiger partial charge in [-0.05, 0) is 12.1 Å². The highest BCUT2D eigenvalue weighted by molar-refractivity contribution is 7.99. The van der Waals surface area contributed by atoms with Gasteiger partial charge in [-0.15, -0.1) is 46.2 Å². The van der Waals surface area contributed by atoms with Crippen molar-refractivity contribution < 1.29 is 9.47 Å². The van der Waals surface area contributed by atoms with Crippen molar-refractivity contribution in [2.24, 2.45) is 0 Å². The van der Waals surface area contributed by atoms with Gasteiger partial charge in [0.25, 0.3) is 0 Å². The zero-order valence-electron chi connectivity index (χ0n) is 11.0. The molecule has 108 valence electrons. The van der Waals surface area contributed by atoms with Gasteiger partial charge in [0.05, 0.1) is 26.4 Å². The Hall–Kier alpha value is 0.0200. The largest absolute Gasteiger partial charge is 0.378 e. The van der Waals surface area contributed by atoms with Crippen LogP contribution in [-0.2, 0) is 9.47 Å². The molecule has 0 fully saturated rings. The van der Waals surface area contributed by atoms with E-state index >= 15 is 0 Å². The van der Waals surface area contributed by atoms with Crippen LogP contribution in [0.25, 0.3) is 9.75 Å². The molecule has 0 radical (unpaired) electrons. The molecule has 1 aliphatic rings. The molecule has 0 saturated carbocycles. The quantitative estimate of drug-likeness (QED) is 0.689. The molecular weight excluding hydrogens is 328 g/mol. The molecule has 20 heavy (non-hydrogen) atoms.